The van der Waals surface area contributed by atoms with E-state index in [0.717, 1.165) is 12.8 Å². The Bertz CT molecular complexity index is 274. The lowest BCUT2D eigenvalue weighted by Crippen LogP contribution is -2.40. The Balaban J connectivity index is 1.96. The van der Waals surface area contributed by atoms with Crippen molar-refractivity contribution in [2.75, 3.05) is 6.54 Å². The van der Waals surface area contributed by atoms with Gasteiger partial charge in [-0.25, -0.2) is 0 Å². The van der Waals surface area contributed by atoms with Crippen LogP contribution in [-0.2, 0) is 14.3 Å². The Morgan fingerprint density at radius 1 is 1.14 bits per heavy atom. The van der Waals surface area contributed by atoms with Crippen molar-refractivity contribution >= 4 is 11.7 Å². The summed E-state index contributed by atoms with van der Waals surface area (Å²) < 4.78 is 5.63. The van der Waals surface area contributed by atoms with E-state index in [1.807, 2.05) is 0 Å². The molecule has 0 aromatic heterocycles. The zero-order valence-corrected chi connectivity index (χ0v) is 7.86. The van der Waals surface area contributed by atoms with Crippen LogP contribution in [0.3, 0.4) is 0 Å². The number of nitrogens with one attached hydrogen (secondary N) is 1. The standard InChI is InChI=1S/C10H13NO3/c12-5-3-4-11-10(13)9-7-2-1-6(14-7)8(5)9/h6-9H,1-4H2,(H,11,13). The SMILES string of the molecule is O=C1CCNC(=O)C2C3CCC(O3)C12. The van der Waals surface area contributed by atoms with Crippen molar-refractivity contribution in [2.24, 2.45) is 11.8 Å². The van der Waals surface area contributed by atoms with Gasteiger partial charge in [0.1, 0.15) is 5.78 Å². The number of rotatable bonds is 0. The third-order valence-corrected chi connectivity index (χ3v) is 3.62. The Hall–Kier alpha value is -0.900. The molecule has 14 heavy (non-hydrogen) atoms. The molecule has 0 aliphatic carbocycles. The summed E-state index contributed by atoms with van der Waals surface area (Å²) in [6.07, 6.45) is 2.39. The average Bonchev–Trinajstić information content (AvgIpc) is 2.72. The first-order valence-corrected chi connectivity index (χ1v) is 5.23. The molecule has 0 aromatic carbocycles. The van der Waals surface area contributed by atoms with Crippen LogP contribution in [0.5, 0.6) is 0 Å². The van der Waals surface area contributed by atoms with Crippen LogP contribution in [0.2, 0.25) is 0 Å². The minimum Gasteiger partial charge on any atom is -0.373 e. The molecule has 3 saturated heterocycles. The second-order valence-electron chi connectivity index (χ2n) is 4.35. The van der Waals surface area contributed by atoms with Gasteiger partial charge in [-0.1, -0.05) is 0 Å². The van der Waals surface area contributed by atoms with Gasteiger partial charge in [0.25, 0.3) is 0 Å². The van der Waals surface area contributed by atoms with Gasteiger partial charge in [0, 0.05) is 13.0 Å². The fraction of sp³-hybridized carbons (Fsp3) is 0.800. The summed E-state index contributed by atoms with van der Waals surface area (Å²) >= 11 is 0. The summed E-state index contributed by atoms with van der Waals surface area (Å²) in [7, 11) is 0. The molecular weight excluding hydrogens is 182 g/mol. The van der Waals surface area contributed by atoms with Gasteiger partial charge >= 0.3 is 0 Å². The number of hydrogen-bond acceptors (Lipinski definition) is 3. The molecule has 3 aliphatic heterocycles. The van der Waals surface area contributed by atoms with Gasteiger partial charge < -0.3 is 10.1 Å². The monoisotopic (exact) mass is 195 g/mol. The quantitative estimate of drug-likeness (QED) is 0.585. The number of amides is 1. The molecule has 4 heteroatoms. The third-order valence-electron chi connectivity index (χ3n) is 3.62. The Kier molecular flexibility index (Phi) is 1.68. The van der Waals surface area contributed by atoms with Crippen molar-refractivity contribution in [2.45, 2.75) is 31.5 Å². The maximum absolute atomic E-state index is 11.8. The summed E-state index contributed by atoms with van der Waals surface area (Å²) in [4.78, 5) is 23.4. The largest absolute Gasteiger partial charge is 0.373 e. The van der Waals surface area contributed by atoms with Gasteiger partial charge in [0.05, 0.1) is 24.0 Å². The molecule has 4 unspecified atom stereocenters. The lowest BCUT2D eigenvalue weighted by atomic mass is 9.76. The lowest BCUT2D eigenvalue weighted by molar-refractivity contribution is -0.131. The molecular formula is C10H13NO3. The molecule has 2 bridgehead atoms. The molecule has 1 amide bonds. The molecule has 1 N–H and O–H groups in total. The third kappa shape index (κ3) is 0.974. The zero-order valence-electron chi connectivity index (χ0n) is 7.86. The first-order valence-electron chi connectivity index (χ1n) is 5.23. The highest BCUT2D eigenvalue weighted by Crippen LogP contribution is 2.44. The van der Waals surface area contributed by atoms with Crippen LogP contribution in [0.25, 0.3) is 0 Å². The number of carbonyl (C=O) groups excluding carboxylic acids is 2. The predicted octanol–water partition coefficient (Wildman–Crippen LogP) is -0.131. The van der Waals surface area contributed by atoms with Crippen LogP contribution in [0.1, 0.15) is 19.3 Å². The number of ether oxygens (including phenoxy) is 1. The van der Waals surface area contributed by atoms with Crippen LogP contribution in [-0.4, -0.2) is 30.4 Å². The van der Waals surface area contributed by atoms with E-state index >= 15 is 0 Å². The number of carbonyl (C=O) groups is 2. The van der Waals surface area contributed by atoms with Crippen molar-refractivity contribution in [1.82, 2.24) is 5.32 Å². The molecule has 0 spiro atoms. The predicted molar refractivity (Wildman–Crippen MR) is 47.5 cm³/mol. The van der Waals surface area contributed by atoms with Crippen LogP contribution in [0.15, 0.2) is 0 Å². The van der Waals surface area contributed by atoms with E-state index in [1.54, 1.807) is 0 Å². The highest BCUT2D eigenvalue weighted by molar-refractivity contribution is 5.92. The van der Waals surface area contributed by atoms with E-state index in [4.69, 9.17) is 4.74 Å². The smallest absolute Gasteiger partial charge is 0.226 e. The second-order valence-corrected chi connectivity index (χ2v) is 4.35. The van der Waals surface area contributed by atoms with Crippen LogP contribution in [0.4, 0.5) is 0 Å². The molecule has 0 radical (unpaired) electrons. The number of Topliss-reactive ketones (excluding diaryl/α,β-unsaturated/α-hetero) is 1. The summed E-state index contributed by atoms with van der Waals surface area (Å²) in [5.41, 5.74) is 0. The topological polar surface area (TPSA) is 55.4 Å². The highest BCUT2D eigenvalue weighted by atomic mass is 16.5. The maximum Gasteiger partial charge on any atom is 0.226 e. The molecule has 3 rings (SSSR count). The van der Waals surface area contributed by atoms with Gasteiger partial charge in [-0.05, 0) is 12.8 Å². The van der Waals surface area contributed by atoms with Gasteiger partial charge in [-0.3, -0.25) is 9.59 Å². The number of hydrogen-bond donors (Lipinski definition) is 1. The van der Waals surface area contributed by atoms with E-state index in [-0.39, 0.29) is 35.7 Å². The van der Waals surface area contributed by atoms with Crippen LogP contribution >= 0.6 is 0 Å². The van der Waals surface area contributed by atoms with E-state index in [9.17, 15) is 9.59 Å². The number of ketones is 1. The van der Waals surface area contributed by atoms with Crippen LogP contribution < -0.4 is 5.32 Å². The second kappa shape index (κ2) is 2.79. The highest BCUT2D eigenvalue weighted by Gasteiger charge is 2.55. The van der Waals surface area contributed by atoms with Crippen molar-refractivity contribution in [3.63, 3.8) is 0 Å². The molecule has 4 nitrogen and oxygen atoms in total. The normalized spacial score (nSPS) is 46.0. The Morgan fingerprint density at radius 3 is 2.64 bits per heavy atom. The van der Waals surface area contributed by atoms with E-state index in [2.05, 4.69) is 5.32 Å². The molecule has 3 heterocycles. The summed E-state index contributed by atoms with van der Waals surface area (Å²) in [5, 5.41) is 2.79. The molecule has 3 aliphatic rings. The van der Waals surface area contributed by atoms with Gasteiger partial charge in [0.2, 0.25) is 5.91 Å². The van der Waals surface area contributed by atoms with E-state index in [0.29, 0.717) is 13.0 Å². The summed E-state index contributed by atoms with van der Waals surface area (Å²) in [6.45, 7) is 0.504. The lowest BCUT2D eigenvalue weighted by Gasteiger charge is -2.22. The van der Waals surface area contributed by atoms with E-state index < -0.39 is 0 Å². The fourth-order valence-electron chi connectivity index (χ4n) is 3.01. The van der Waals surface area contributed by atoms with Crippen molar-refractivity contribution in [3.8, 4) is 0 Å². The molecule has 3 fully saturated rings. The summed E-state index contributed by atoms with van der Waals surface area (Å²) in [5.74, 6) is -0.103. The molecule has 76 valence electrons. The van der Waals surface area contributed by atoms with Gasteiger partial charge in [-0.2, -0.15) is 0 Å². The zero-order chi connectivity index (χ0) is 9.71. The van der Waals surface area contributed by atoms with Crippen molar-refractivity contribution in [1.29, 1.82) is 0 Å². The minimum atomic E-state index is -0.191. The number of fused-ring (bicyclic) bond motifs is 5. The minimum absolute atomic E-state index is 0.00653. The van der Waals surface area contributed by atoms with Crippen molar-refractivity contribution in [3.05, 3.63) is 0 Å². The molecule has 0 saturated carbocycles. The van der Waals surface area contributed by atoms with Crippen LogP contribution in [0, 0.1) is 11.8 Å². The summed E-state index contributed by atoms with van der Waals surface area (Å²) in [6, 6.07) is 0. The molecule has 4 atom stereocenters. The van der Waals surface area contributed by atoms with E-state index in [1.165, 1.54) is 0 Å². The first kappa shape index (κ1) is 8.41. The van der Waals surface area contributed by atoms with Gasteiger partial charge in [0.15, 0.2) is 0 Å². The molecule has 0 aromatic rings. The van der Waals surface area contributed by atoms with Crippen molar-refractivity contribution < 1.29 is 14.3 Å². The Morgan fingerprint density at radius 2 is 1.86 bits per heavy atom. The Labute approximate surface area is 82.0 Å². The fourth-order valence-corrected chi connectivity index (χ4v) is 3.01. The van der Waals surface area contributed by atoms with Gasteiger partial charge in [-0.15, -0.1) is 0 Å². The first-order chi connectivity index (χ1) is 6.77. The average molecular weight is 195 g/mol. The maximum atomic E-state index is 11.8.